The van der Waals surface area contributed by atoms with Crippen molar-refractivity contribution in [3.05, 3.63) is 29.8 Å². The van der Waals surface area contributed by atoms with Gasteiger partial charge in [-0.2, -0.15) is 0 Å². The molecular formula is C16H23NO3. The molecule has 0 spiro atoms. The minimum Gasteiger partial charge on any atom is -0.493 e. The van der Waals surface area contributed by atoms with Crippen LogP contribution in [0.15, 0.2) is 24.3 Å². The fourth-order valence-electron chi connectivity index (χ4n) is 2.78. The number of carbonyl (C=O) groups excluding carboxylic acids is 1. The van der Waals surface area contributed by atoms with Crippen molar-refractivity contribution in [1.82, 2.24) is 0 Å². The van der Waals surface area contributed by atoms with Gasteiger partial charge in [-0.05, 0) is 31.0 Å². The molecule has 1 saturated carbocycles. The summed E-state index contributed by atoms with van der Waals surface area (Å²) in [4.78, 5) is 11.5. The summed E-state index contributed by atoms with van der Waals surface area (Å²) in [5.41, 5.74) is 6.55. The standard InChI is InChI=1S/C16H23NO3/c1-19-15(18)13-6-5-7-14(10-13)20-12-16(11-17)8-3-2-4-9-16/h5-7,10H,2-4,8-9,11-12,17H2,1H3. The van der Waals surface area contributed by atoms with E-state index in [9.17, 15) is 4.79 Å². The van der Waals surface area contributed by atoms with Crippen LogP contribution >= 0.6 is 0 Å². The highest BCUT2D eigenvalue weighted by Crippen LogP contribution is 2.35. The molecule has 1 aliphatic carbocycles. The van der Waals surface area contributed by atoms with Gasteiger partial charge in [0, 0.05) is 12.0 Å². The number of hydrogen-bond donors (Lipinski definition) is 1. The smallest absolute Gasteiger partial charge is 0.337 e. The number of benzene rings is 1. The molecule has 0 bridgehead atoms. The van der Waals surface area contributed by atoms with Crippen molar-refractivity contribution in [1.29, 1.82) is 0 Å². The van der Waals surface area contributed by atoms with E-state index in [2.05, 4.69) is 0 Å². The van der Waals surface area contributed by atoms with Gasteiger partial charge in [0.05, 0.1) is 19.3 Å². The number of rotatable bonds is 5. The van der Waals surface area contributed by atoms with Gasteiger partial charge < -0.3 is 15.2 Å². The lowest BCUT2D eigenvalue weighted by Gasteiger charge is -2.35. The van der Waals surface area contributed by atoms with Crippen LogP contribution in [0.1, 0.15) is 42.5 Å². The van der Waals surface area contributed by atoms with Gasteiger partial charge in [0.15, 0.2) is 0 Å². The first-order chi connectivity index (χ1) is 9.69. The summed E-state index contributed by atoms with van der Waals surface area (Å²) in [6, 6.07) is 7.11. The zero-order valence-corrected chi connectivity index (χ0v) is 12.1. The average Bonchev–Trinajstić information content (AvgIpc) is 2.53. The van der Waals surface area contributed by atoms with Gasteiger partial charge in [-0.15, -0.1) is 0 Å². The van der Waals surface area contributed by atoms with Gasteiger partial charge in [0.2, 0.25) is 0 Å². The lowest BCUT2D eigenvalue weighted by Crippen LogP contribution is -2.38. The molecule has 1 fully saturated rings. The fourth-order valence-corrected chi connectivity index (χ4v) is 2.78. The predicted octanol–water partition coefficient (Wildman–Crippen LogP) is 2.76. The first-order valence-corrected chi connectivity index (χ1v) is 7.20. The van der Waals surface area contributed by atoms with Crippen molar-refractivity contribution < 1.29 is 14.3 Å². The molecule has 0 radical (unpaired) electrons. The van der Waals surface area contributed by atoms with Gasteiger partial charge >= 0.3 is 5.97 Å². The normalized spacial score (nSPS) is 17.5. The molecular weight excluding hydrogens is 254 g/mol. The molecule has 4 heteroatoms. The highest BCUT2D eigenvalue weighted by Gasteiger charge is 2.31. The molecule has 1 aromatic rings. The molecule has 0 saturated heterocycles. The maximum absolute atomic E-state index is 11.5. The van der Waals surface area contributed by atoms with E-state index in [1.165, 1.54) is 26.4 Å². The van der Waals surface area contributed by atoms with Crippen molar-refractivity contribution in [2.75, 3.05) is 20.3 Å². The summed E-state index contributed by atoms with van der Waals surface area (Å²) in [6.45, 7) is 1.28. The topological polar surface area (TPSA) is 61.5 Å². The largest absolute Gasteiger partial charge is 0.493 e. The Labute approximate surface area is 120 Å². The van der Waals surface area contributed by atoms with Crippen LogP contribution in [0, 0.1) is 5.41 Å². The monoisotopic (exact) mass is 277 g/mol. The summed E-state index contributed by atoms with van der Waals surface area (Å²) < 4.78 is 10.6. The molecule has 0 heterocycles. The summed E-state index contributed by atoms with van der Waals surface area (Å²) in [5, 5.41) is 0. The minimum atomic E-state index is -0.346. The molecule has 0 unspecified atom stereocenters. The second kappa shape index (κ2) is 6.75. The zero-order chi connectivity index (χ0) is 14.4. The van der Waals surface area contributed by atoms with Gasteiger partial charge in [-0.3, -0.25) is 0 Å². The Morgan fingerprint density at radius 3 is 2.70 bits per heavy atom. The lowest BCUT2D eigenvalue weighted by atomic mass is 9.75. The van der Waals surface area contributed by atoms with E-state index in [0.29, 0.717) is 24.5 Å². The van der Waals surface area contributed by atoms with Crippen molar-refractivity contribution in [3.63, 3.8) is 0 Å². The van der Waals surface area contributed by atoms with Crippen molar-refractivity contribution >= 4 is 5.97 Å². The van der Waals surface area contributed by atoms with Crippen LogP contribution in [0.3, 0.4) is 0 Å². The van der Waals surface area contributed by atoms with E-state index in [0.717, 1.165) is 12.8 Å². The second-order valence-electron chi connectivity index (χ2n) is 5.57. The third-order valence-electron chi connectivity index (χ3n) is 4.15. The number of nitrogens with two attached hydrogens (primary N) is 1. The zero-order valence-electron chi connectivity index (χ0n) is 12.1. The highest BCUT2D eigenvalue weighted by atomic mass is 16.5. The molecule has 0 atom stereocenters. The van der Waals surface area contributed by atoms with Crippen LogP contribution in [0.5, 0.6) is 5.75 Å². The Morgan fingerprint density at radius 2 is 2.05 bits per heavy atom. The van der Waals surface area contributed by atoms with Crippen LogP contribution in [0.4, 0.5) is 0 Å². The molecule has 20 heavy (non-hydrogen) atoms. The summed E-state index contributed by atoms with van der Waals surface area (Å²) in [7, 11) is 1.38. The minimum absolute atomic E-state index is 0.0967. The van der Waals surface area contributed by atoms with Crippen molar-refractivity contribution in [3.8, 4) is 5.75 Å². The summed E-state index contributed by atoms with van der Waals surface area (Å²) in [5.74, 6) is 0.355. The molecule has 2 N–H and O–H groups in total. The molecule has 0 aromatic heterocycles. The van der Waals surface area contributed by atoms with Gasteiger partial charge in [-0.1, -0.05) is 25.3 Å². The lowest BCUT2D eigenvalue weighted by molar-refractivity contribution is 0.0599. The Morgan fingerprint density at radius 1 is 1.30 bits per heavy atom. The number of carbonyl (C=O) groups is 1. The van der Waals surface area contributed by atoms with E-state index in [1.807, 2.05) is 6.07 Å². The molecule has 0 aliphatic heterocycles. The van der Waals surface area contributed by atoms with E-state index in [-0.39, 0.29) is 11.4 Å². The Hall–Kier alpha value is -1.55. The van der Waals surface area contributed by atoms with E-state index < -0.39 is 0 Å². The average molecular weight is 277 g/mol. The maximum atomic E-state index is 11.5. The van der Waals surface area contributed by atoms with Gasteiger partial charge in [-0.25, -0.2) is 4.79 Å². The van der Waals surface area contributed by atoms with E-state index >= 15 is 0 Å². The first-order valence-electron chi connectivity index (χ1n) is 7.20. The molecule has 1 aromatic carbocycles. The maximum Gasteiger partial charge on any atom is 0.337 e. The SMILES string of the molecule is COC(=O)c1cccc(OCC2(CN)CCCCC2)c1. The molecule has 1 aliphatic rings. The van der Waals surface area contributed by atoms with Crippen molar-refractivity contribution in [2.45, 2.75) is 32.1 Å². The molecule has 4 nitrogen and oxygen atoms in total. The number of esters is 1. The second-order valence-corrected chi connectivity index (χ2v) is 5.57. The Bertz CT molecular complexity index is 453. The predicted molar refractivity (Wildman–Crippen MR) is 77.8 cm³/mol. The van der Waals surface area contributed by atoms with E-state index in [1.54, 1.807) is 18.2 Å². The van der Waals surface area contributed by atoms with E-state index in [4.69, 9.17) is 15.2 Å². The quantitative estimate of drug-likeness (QED) is 0.841. The van der Waals surface area contributed by atoms with Crippen molar-refractivity contribution in [2.24, 2.45) is 11.1 Å². The van der Waals surface area contributed by atoms with Crippen LogP contribution < -0.4 is 10.5 Å². The summed E-state index contributed by atoms with van der Waals surface area (Å²) in [6.07, 6.45) is 5.99. The van der Waals surface area contributed by atoms with Gasteiger partial charge in [0.1, 0.15) is 5.75 Å². The molecule has 2 rings (SSSR count). The van der Waals surface area contributed by atoms with Crippen LogP contribution in [0.2, 0.25) is 0 Å². The first kappa shape index (κ1) is 14.9. The Balaban J connectivity index is 2.01. The number of hydrogen-bond acceptors (Lipinski definition) is 4. The fraction of sp³-hybridized carbons (Fsp3) is 0.562. The molecule has 110 valence electrons. The number of methoxy groups -OCH3 is 1. The third-order valence-corrected chi connectivity index (χ3v) is 4.15. The molecule has 0 amide bonds. The third kappa shape index (κ3) is 3.51. The van der Waals surface area contributed by atoms with Crippen LogP contribution in [0.25, 0.3) is 0 Å². The Kier molecular flexibility index (Phi) is 5.01. The number of ether oxygens (including phenoxy) is 2. The van der Waals surface area contributed by atoms with Gasteiger partial charge in [0.25, 0.3) is 0 Å². The van der Waals surface area contributed by atoms with Crippen LogP contribution in [-0.2, 0) is 4.74 Å². The summed E-state index contributed by atoms with van der Waals surface area (Å²) >= 11 is 0. The van der Waals surface area contributed by atoms with Crippen LogP contribution in [-0.4, -0.2) is 26.2 Å². The highest BCUT2D eigenvalue weighted by molar-refractivity contribution is 5.89.